The van der Waals surface area contributed by atoms with Crippen molar-refractivity contribution in [2.24, 2.45) is 0 Å². The normalized spacial score (nSPS) is 15.7. The fourth-order valence-electron chi connectivity index (χ4n) is 3.02. The maximum atomic E-state index is 12.9. The van der Waals surface area contributed by atoms with E-state index in [1.165, 1.54) is 48.5 Å². The van der Waals surface area contributed by atoms with Crippen molar-refractivity contribution >= 4 is 21.6 Å². The van der Waals surface area contributed by atoms with Crippen LogP contribution in [-0.2, 0) is 14.8 Å². The number of hydrogen-bond donors (Lipinski definition) is 2. The molecular weight excluding hydrogens is 397 g/mol. The number of nitrogens with one attached hydrogen (secondary N) is 2. The van der Waals surface area contributed by atoms with Crippen molar-refractivity contribution in [3.05, 3.63) is 54.3 Å². The van der Waals surface area contributed by atoms with Crippen LogP contribution in [0.3, 0.4) is 0 Å². The van der Waals surface area contributed by atoms with Crippen molar-refractivity contribution in [1.82, 2.24) is 10.2 Å². The van der Waals surface area contributed by atoms with Crippen LogP contribution in [0.25, 0.3) is 0 Å². The largest absolute Gasteiger partial charge is 0.484 e. The van der Waals surface area contributed by atoms with E-state index in [-0.39, 0.29) is 29.1 Å². The number of hydrogen-bond acceptors (Lipinski definition) is 5. The van der Waals surface area contributed by atoms with Crippen LogP contribution < -0.4 is 14.8 Å². The van der Waals surface area contributed by atoms with Crippen LogP contribution in [0.2, 0.25) is 0 Å². The Morgan fingerprint density at radius 2 is 1.72 bits per heavy atom. The van der Waals surface area contributed by atoms with Crippen LogP contribution in [0.1, 0.15) is 12.8 Å². The van der Waals surface area contributed by atoms with Gasteiger partial charge in [0.15, 0.2) is 6.61 Å². The zero-order valence-corrected chi connectivity index (χ0v) is 16.9. The zero-order valence-electron chi connectivity index (χ0n) is 16.1. The number of nitrogens with zero attached hydrogens (tertiary/aromatic N) is 1. The van der Waals surface area contributed by atoms with Crippen molar-refractivity contribution in [3.63, 3.8) is 0 Å². The summed E-state index contributed by atoms with van der Waals surface area (Å²) in [6.45, 7) is 1.77. The first-order valence-corrected chi connectivity index (χ1v) is 10.8. The summed E-state index contributed by atoms with van der Waals surface area (Å²) < 4.78 is 45.6. The van der Waals surface area contributed by atoms with Gasteiger partial charge in [-0.25, -0.2) is 12.8 Å². The molecule has 0 bridgehead atoms. The molecule has 2 N–H and O–H groups in total. The van der Waals surface area contributed by atoms with Crippen LogP contribution in [0.15, 0.2) is 53.4 Å². The molecule has 2 aromatic carbocycles. The minimum absolute atomic E-state index is 0.0324. The van der Waals surface area contributed by atoms with Crippen molar-refractivity contribution < 1.29 is 22.3 Å². The van der Waals surface area contributed by atoms with Gasteiger partial charge in [0, 0.05) is 11.7 Å². The molecule has 29 heavy (non-hydrogen) atoms. The molecule has 1 aliphatic heterocycles. The lowest BCUT2D eigenvalue weighted by atomic mass is 10.1. The third kappa shape index (κ3) is 6.16. The molecule has 1 fully saturated rings. The average Bonchev–Trinajstić information content (AvgIpc) is 2.70. The molecule has 1 aliphatic rings. The predicted molar refractivity (Wildman–Crippen MR) is 108 cm³/mol. The number of ether oxygens (including phenoxy) is 1. The van der Waals surface area contributed by atoms with Crippen LogP contribution in [0, 0.1) is 5.82 Å². The SMILES string of the molecule is CN1CCC(NC(=O)COc2ccc(S(=O)(=O)Nc3ccc(F)cc3)cc2)CC1. The summed E-state index contributed by atoms with van der Waals surface area (Å²) in [7, 11) is -1.75. The number of carbonyl (C=O) groups excluding carboxylic acids is 1. The van der Waals surface area contributed by atoms with Gasteiger partial charge >= 0.3 is 0 Å². The average molecular weight is 421 g/mol. The minimum Gasteiger partial charge on any atom is -0.484 e. The smallest absolute Gasteiger partial charge is 0.261 e. The number of carbonyl (C=O) groups is 1. The number of amides is 1. The topological polar surface area (TPSA) is 87.7 Å². The Morgan fingerprint density at radius 1 is 1.10 bits per heavy atom. The Bertz CT molecular complexity index is 925. The molecule has 0 spiro atoms. The molecule has 1 saturated heterocycles. The van der Waals surface area contributed by atoms with Crippen molar-refractivity contribution in [2.75, 3.05) is 31.5 Å². The summed E-state index contributed by atoms with van der Waals surface area (Å²) in [5.41, 5.74) is 0.261. The van der Waals surface area contributed by atoms with Gasteiger partial charge in [-0.3, -0.25) is 9.52 Å². The first kappa shape index (κ1) is 21.1. The zero-order chi connectivity index (χ0) is 20.9. The van der Waals surface area contributed by atoms with E-state index in [0.29, 0.717) is 5.75 Å². The van der Waals surface area contributed by atoms with Gasteiger partial charge in [0.2, 0.25) is 0 Å². The number of piperidine rings is 1. The van der Waals surface area contributed by atoms with Gasteiger partial charge in [-0.1, -0.05) is 0 Å². The Hall–Kier alpha value is -2.65. The van der Waals surface area contributed by atoms with Gasteiger partial charge in [0.05, 0.1) is 4.90 Å². The minimum atomic E-state index is -3.81. The number of likely N-dealkylation sites (tertiary alicyclic amines) is 1. The highest BCUT2D eigenvalue weighted by atomic mass is 32.2. The molecule has 2 aromatic rings. The van der Waals surface area contributed by atoms with E-state index in [9.17, 15) is 17.6 Å². The summed E-state index contributed by atoms with van der Waals surface area (Å²) in [6.07, 6.45) is 1.83. The Balaban J connectivity index is 1.51. The highest BCUT2D eigenvalue weighted by Crippen LogP contribution is 2.19. The molecule has 1 amide bonds. The Kier molecular flexibility index (Phi) is 6.71. The van der Waals surface area contributed by atoms with Crippen LogP contribution in [0.5, 0.6) is 5.75 Å². The second-order valence-corrected chi connectivity index (χ2v) is 8.70. The van der Waals surface area contributed by atoms with Crippen LogP contribution >= 0.6 is 0 Å². The molecule has 1 heterocycles. The molecular formula is C20H24FN3O4S. The standard InChI is InChI=1S/C20H24FN3O4S/c1-24-12-10-16(11-13-24)22-20(25)14-28-18-6-8-19(9-7-18)29(26,27)23-17-4-2-15(21)3-5-17/h2-9,16,23H,10-14H2,1H3,(H,22,25). The van der Waals surface area contributed by atoms with Gasteiger partial charge in [0.25, 0.3) is 15.9 Å². The summed E-state index contributed by atoms with van der Waals surface area (Å²) in [6, 6.07) is 10.9. The van der Waals surface area contributed by atoms with Crippen molar-refractivity contribution in [3.8, 4) is 5.75 Å². The Morgan fingerprint density at radius 3 is 2.34 bits per heavy atom. The van der Waals surface area contributed by atoms with E-state index in [4.69, 9.17) is 4.74 Å². The highest BCUT2D eigenvalue weighted by molar-refractivity contribution is 7.92. The van der Waals surface area contributed by atoms with Gasteiger partial charge in [-0.05, 0) is 81.5 Å². The number of rotatable bonds is 7. The molecule has 0 saturated carbocycles. The lowest BCUT2D eigenvalue weighted by Gasteiger charge is -2.29. The predicted octanol–water partition coefficient (Wildman–Crippen LogP) is 2.22. The van der Waals surface area contributed by atoms with Gasteiger partial charge in [-0.2, -0.15) is 0 Å². The third-order valence-electron chi connectivity index (χ3n) is 4.68. The molecule has 0 atom stereocenters. The monoisotopic (exact) mass is 421 g/mol. The molecule has 3 rings (SSSR count). The van der Waals surface area contributed by atoms with Crippen LogP contribution in [-0.4, -0.2) is 52.0 Å². The van der Waals surface area contributed by atoms with Gasteiger partial charge < -0.3 is 15.0 Å². The van der Waals surface area contributed by atoms with Crippen molar-refractivity contribution in [2.45, 2.75) is 23.8 Å². The first-order valence-electron chi connectivity index (χ1n) is 9.31. The summed E-state index contributed by atoms with van der Waals surface area (Å²) >= 11 is 0. The van der Waals surface area contributed by atoms with E-state index in [1.807, 2.05) is 0 Å². The van der Waals surface area contributed by atoms with Crippen LogP contribution in [0.4, 0.5) is 10.1 Å². The molecule has 7 nitrogen and oxygen atoms in total. The Labute approximate surface area is 169 Å². The highest BCUT2D eigenvalue weighted by Gasteiger charge is 2.19. The van der Waals surface area contributed by atoms with E-state index < -0.39 is 15.8 Å². The van der Waals surface area contributed by atoms with E-state index in [0.717, 1.165) is 25.9 Å². The number of sulfonamides is 1. The molecule has 0 radical (unpaired) electrons. The summed E-state index contributed by atoms with van der Waals surface area (Å²) in [4.78, 5) is 14.3. The van der Waals surface area contributed by atoms with E-state index in [2.05, 4.69) is 22.0 Å². The first-order chi connectivity index (χ1) is 13.8. The lowest BCUT2D eigenvalue weighted by Crippen LogP contribution is -2.44. The van der Waals surface area contributed by atoms with Gasteiger partial charge in [-0.15, -0.1) is 0 Å². The fourth-order valence-corrected chi connectivity index (χ4v) is 4.08. The van der Waals surface area contributed by atoms with E-state index in [1.54, 1.807) is 0 Å². The number of anilines is 1. The summed E-state index contributed by atoms with van der Waals surface area (Å²) in [5, 5.41) is 2.95. The van der Waals surface area contributed by atoms with Gasteiger partial charge in [0.1, 0.15) is 11.6 Å². The maximum absolute atomic E-state index is 12.9. The maximum Gasteiger partial charge on any atom is 0.261 e. The second kappa shape index (κ2) is 9.23. The molecule has 0 aromatic heterocycles. The number of halogens is 1. The fraction of sp³-hybridized carbons (Fsp3) is 0.350. The second-order valence-electron chi connectivity index (χ2n) is 7.02. The summed E-state index contributed by atoms with van der Waals surface area (Å²) in [5.74, 6) is -0.257. The van der Waals surface area contributed by atoms with Crippen molar-refractivity contribution in [1.29, 1.82) is 0 Å². The molecule has 0 aliphatic carbocycles. The molecule has 0 unspecified atom stereocenters. The third-order valence-corrected chi connectivity index (χ3v) is 6.08. The number of benzene rings is 2. The molecule has 156 valence electrons. The molecule has 9 heteroatoms. The lowest BCUT2D eigenvalue weighted by molar-refractivity contribution is -0.124. The van der Waals surface area contributed by atoms with E-state index >= 15 is 0 Å². The quantitative estimate of drug-likeness (QED) is 0.716.